The third kappa shape index (κ3) is 4.92. The molecule has 0 bridgehead atoms. The molecule has 0 fully saturated rings. The van der Waals surface area contributed by atoms with Gasteiger partial charge in [0.1, 0.15) is 17.2 Å². The first kappa shape index (κ1) is 16.7. The molecular weight excluding hydrogens is 296 g/mol. The number of phenolic OH excluding ortho intramolecular Hbond substituents is 1. The van der Waals surface area contributed by atoms with Gasteiger partial charge in [-0.05, 0) is 43.7 Å². The number of hydrogen-bond acceptors (Lipinski definition) is 4. The molecule has 0 amide bonds. The highest BCUT2D eigenvalue weighted by molar-refractivity contribution is 5.76. The summed E-state index contributed by atoms with van der Waals surface area (Å²) in [4.78, 5) is 11.0. The molecule has 0 unspecified atom stereocenters. The van der Waals surface area contributed by atoms with E-state index in [1.165, 1.54) is 13.8 Å². The Labute approximate surface area is 135 Å². The zero-order valence-corrected chi connectivity index (χ0v) is 13.2. The minimum absolute atomic E-state index is 0.171. The number of aromatic hydroxyl groups is 1. The highest BCUT2D eigenvalue weighted by Crippen LogP contribution is 2.20. The number of rotatable bonds is 7. The van der Waals surface area contributed by atoms with Crippen molar-refractivity contribution < 1.29 is 24.5 Å². The highest BCUT2D eigenvalue weighted by atomic mass is 16.5. The standard InChI is InChI=1S/C18H20O5/c1-18(2,17(20)21)23-15-8-6-13(7-9-15)10-11-22-16-5-3-4-14(19)12-16/h3-9,12,19H,10-11H2,1-2H3,(H,20,21). The molecule has 0 heterocycles. The normalized spacial score (nSPS) is 11.0. The Bertz CT molecular complexity index is 661. The molecule has 122 valence electrons. The van der Waals surface area contributed by atoms with Crippen molar-refractivity contribution in [2.24, 2.45) is 0 Å². The van der Waals surface area contributed by atoms with Crippen LogP contribution >= 0.6 is 0 Å². The first-order valence-electron chi connectivity index (χ1n) is 7.30. The summed E-state index contributed by atoms with van der Waals surface area (Å²) >= 11 is 0. The van der Waals surface area contributed by atoms with Gasteiger partial charge in [-0.3, -0.25) is 0 Å². The molecule has 2 aromatic carbocycles. The zero-order chi connectivity index (χ0) is 16.9. The van der Waals surface area contributed by atoms with Crippen LogP contribution in [0.1, 0.15) is 19.4 Å². The second-order valence-electron chi connectivity index (χ2n) is 5.66. The smallest absolute Gasteiger partial charge is 0.347 e. The van der Waals surface area contributed by atoms with Crippen molar-refractivity contribution in [1.82, 2.24) is 0 Å². The molecule has 0 aliphatic rings. The van der Waals surface area contributed by atoms with Gasteiger partial charge >= 0.3 is 5.97 Å². The molecule has 0 atom stereocenters. The lowest BCUT2D eigenvalue weighted by Crippen LogP contribution is -2.37. The third-order valence-electron chi connectivity index (χ3n) is 3.29. The molecule has 5 nitrogen and oxygen atoms in total. The Kier molecular flexibility index (Phi) is 5.11. The maximum absolute atomic E-state index is 11.0. The van der Waals surface area contributed by atoms with Crippen molar-refractivity contribution in [2.45, 2.75) is 25.9 Å². The fraction of sp³-hybridized carbons (Fsp3) is 0.278. The van der Waals surface area contributed by atoms with Crippen molar-refractivity contribution in [1.29, 1.82) is 0 Å². The lowest BCUT2D eigenvalue weighted by atomic mass is 10.1. The number of hydrogen-bond donors (Lipinski definition) is 2. The Morgan fingerprint density at radius 1 is 1.09 bits per heavy atom. The van der Waals surface area contributed by atoms with E-state index < -0.39 is 11.6 Å². The quantitative estimate of drug-likeness (QED) is 0.820. The van der Waals surface area contributed by atoms with Gasteiger partial charge < -0.3 is 19.7 Å². The molecule has 0 aromatic heterocycles. The summed E-state index contributed by atoms with van der Waals surface area (Å²) in [6.45, 7) is 3.49. The fourth-order valence-corrected chi connectivity index (χ4v) is 1.92. The molecule has 0 radical (unpaired) electrons. The summed E-state index contributed by atoms with van der Waals surface area (Å²) in [7, 11) is 0. The molecule has 2 rings (SSSR count). The first-order chi connectivity index (χ1) is 10.9. The van der Waals surface area contributed by atoms with E-state index in [0.717, 1.165) is 5.56 Å². The number of benzene rings is 2. The summed E-state index contributed by atoms with van der Waals surface area (Å²) in [5, 5.41) is 18.4. The number of aliphatic carboxylic acids is 1. The van der Waals surface area contributed by atoms with Crippen LogP contribution in [0.25, 0.3) is 0 Å². The number of carboxylic acid groups (broad SMARTS) is 1. The van der Waals surface area contributed by atoms with E-state index in [0.29, 0.717) is 24.5 Å². The average Bonchev–Trinajstić information content (AvgIpc) is 2.49. The Morgan fingerprint density at radius 2 is 1.78 bits per heavy atom. The van der Waals surface area contributed by atoms with Crippen LogP contribution in [0.4, 0.5) is 0 Å². The van der Waals surface area contributed by atoms with E-state index in [1.807, 2.05) is 12.1 Å². The average molecular weight is 316 g/mol. The molecule has 2 aromatic rings. The third-order valence-corrected chi connectivity index (χ3v) is 3.29. The molecule has 0 aliphatic heterocycles. The Morgan fingerprint density at radius 3 is 2.39 bits per heavy atom. The van der Waals surface area contributed by atoms with Gasteiger partial charge in [0.05, 0.1) is 6.61 Å². The van der Waals surface area contributed by atoms with E-state index in [9.17, 15) is 9.90 Å². The lowest BCUT2D eigenvalue weighted by molar-refractivity contribution is -0.152. The maximum Gasteiger partial charge on any atom is 0.347 e. The van der Waals surface area contributed by atoms with E-state index >= 15 is 0 Å². The lowest BCUT2D eigenvalue weighted by Gasteiger charge is -2.21. The van der Waals surface area contributed by atoms with Crippen molar-refractivity contribution in [3.63, 3.8) is 0 Å². The van der Waals surface area contributed by atoms with Gasteiger partial charge in [0, 0.05) is 12.5 Å². The van der Waals surface area contributed by atoms with Crippen LogP contribution in [0, 0.1) is 0 Å². The summed E-state index contributed by atoms with van der Waals surface area (Å²) < 4.78 is 11.0. The number of ether oxygens (including phenoxy) is 2. The van der Waals surface area contributed by atoms with Crippen molar-refractivity contribution in [3.05, 3.63) is 54.1 Å². The van der Waals surface area contributed by atoms with Crippen molar-refractivity contribution >= 4 is 5.97 Å². The summed E-state index contributed by atoms with van der Waals surface area (Å²) in [6, 6.07) is 13.9. The van der Waals surface area contributed by atoms with Gasteiger partial charge in [0.15, 0.2) is 5.60 Å². The van der Waals surface area contributed by atoms with Gasteiger partial charge in [-0.2, -0.15) is 0 Å². The first-order valence-corrected chi connectivity index (χ1v) is 7.30. The topological polar surface area (TPSA) is 76.0 Å². The zero-order valence-electron chi connectivity index (χ0n) is 13.2. The molecular formula is C18H20O5. The molecule has 2 N–H and O–H groups in total. The van der Waals surface area contributed by atoms with Crippen LogP contribution in [0.3, 0.4) is 0 Å². The molecule has 0 saturated carbocycles. The minimum Gasteiger partial charge on any atom is -0.508 e. The van der Waals surface area contributed by atoms with Gasteiger partial charge in [-0.25, -0.2) is 4.79 Å². The fourth-order valence-electron chi connectivity index (χ4n) is 1.92. The molecule has 0 aliphatic carbocycles. The SMILES string of the molecule is CC(C)(Oc1ccc(CCOc2cccc(O)c2)cc1)C(=O)O. The largest absolute Gasteiger partial charge is 0.508 e. The molecule has 0 saturated heterocycles. The number of carboxylic acids is 1. The summed E-state index contributed by atoms with van der Waals surface area (Å²) in [5.74, 6) is 0.286. The molecule has 23 heavy (non-hydrogen) atoms. The number of carbonyl (C=O) groups is 1. The van der Waals surface area contributed by atoms with Gasteiger partial charge in [-0.15, -0.1) is 0 Å². The molecule has 5 heteroatoms. The minimum atomic E-state index is -1.26. The van der Waals surface area contributed by atoms with Crippen LogP contribution < -0.4 is 9.47 Å². The number of phenols is 1. The van der Waals surface area contributed by atoms with Gasteiger partial charge in [0.25, 0.3) is 0 Å². The van der Waals surface area contributed by atoms with Gasteiger partial charge in [0.2, 0.25) is 0 Å². The van der Waals surface area contributed by atoms with Crippen LogP contribution in [0.2, 0.25) is 0 Å². The Balaban J connectivity index is 1.87. The van der Waals surface area contributed by atoms with Crippen LogP contribution in [-0.4, -0.2) is 28.4 Å². The summed E-state index contributed by atoms with van der Waals surface area (Å²) in [6.07, 6.45) is 0.693. The Hall–Kier alpha value is -2.69. The monoisotopic (exact) mass is 316 g/mol. The van der Waals surface area contributed by atoms with E-state index in [4.69, 9.17) is 14.6 Å². The van der Waals surface area contributed by atoms with E-state index in [-0.39, 0.29) is 5.75 Å². The van der Waals surface area contributed by atoms with Crippen LogP contribution in [0.15, 0.2) is 48.5 Å². The summed E-state index contributed by atoms with van der Waals surface area (Å²) in [5.41, 5.74) is -0.217. The maximum atomic E-state index is 11.0. The van der Waals surface area contributed by atoms with Crippen LogP contribution in [0.5, 0.6) is 17.2 Å². The van der Waals surface area contributed by atoms with E-state index in [2.05, 4.69) is 0 Å². The predicted octanol–water partition coefficient (Wildman–Crippen LogP) is 3.26. The van der Waals surface area contributed by atoms with Crippen molar-refractivity contribution in [3.8, 4) is 17.2 Å². The van der Waals surface area contributed by atoms with Gasteiger partial charge in [-0.1, -0.05) is 18.2 Å². The van der Waals surface area contributed by atoms with Crippen LogP contribution in [-0.2, 0) is 11.2 Å². The second-order valence-corrected chi connectivity index (χ2v) is 5.66. The molecule has 0 spiro atoms. The second kappa shape index (κ2) is 7.05. The van der Waals surface area contributed by atoms with Crippen molar-refractivity contribution in [2.75, 3.05) is 6.61 Å². The van der Waals surface area contributed by atoms with E-state index in [1.54, 1.807) is 36.4 Å². The predicted molar refractivity (Wildman–Crippen MR) is 86.1 cm³/mol. The highest BCUT2D eigenvalue weighted by Gasteiger charge is 2.29.